The van der Waals surface area contributed by atoms with Gasteiger partial charge >= 0.3 is 0 Å². The number of nitrogens with two attached hydrogens (primary N) is 1. The highest BCUT2D eigenvalue weighted by Crippen LogP contribution is 2.37. The number of hydrogen-bond donors (Lipinski definition) is 2. The molecule has 0 aliphatic heterocycles. The van der Waals surface area contributed by atoms with Crippen LogP contribution in [0.4, 0.5) is 0 Å². The molecule has 4 heteroatoms. The van der Waals surface area contributed by atoms with E-state index in [0.717, 1.165) is 15.1 Å². The molecule has 1 aliphatic rings. The Kier molecular flexibility index (Phi) is 4.86. The van der Waals surface area contributed by atoms with E-state index in [1.165, 1.54) is 32.1 Å². The van der Waals surface area contributed by atoms with Crippen molar-refractivity contribution in [2.45, 2.75) is 38.1 Å². The Morgan fingerprint density at radius 1 is 1.29 bits per heavy atom. The maximum atomic E-state index is 6.27. The Balaban J connectivity index is 2.24. The van der Waals surface area contributed by atoms with Crippen LogP contribution in [0.2, 0.25) is 5.02 Å². The van der Waals surface area contributed by atoms with Crippen LogP contribution < -0.4 is 11.3 Å². The number of benzene rings is 1. The SMILES string of the molecule is NNC(c1cc(Br)ccc1Cl)C1CCCCC1. The molecule has 0 radical (unpaired) electrons. The van der Waals surface area contributed by atoms with E-state index in [-0.39, 0.29) is 6.04 Å². The molecule has 1 atom stereocenters. The molecule has 1 saturated carbocycles. The Hall–Kier alpha value is -0.0900. The first-order valence-electron chi connectivity index (χ1n) is 6.13. The van der Waals surface area contributed by atoms with Gasteiger partial charge in [0.1, 0.15) is 0 Å². The lowest BCUT2D eigenvalue weighted by Gasteiger charge is -2.30. The molecule has 3 N–H and O–H groups in total. The van der Waals surface area contributed by atoms with Crippen molar-refractivity contribution < 1.29 is 0 Å². The monoisotopic (exact) mass is 316 g/mol. The van der Waals surface area contributed by atoms with Crippen LogP contribution in [-0.4, -0.2) is 0 Å². The van der Waals surface area contributed by atoms with Gasteiger partial charge in [-0.3, -0.25) is 11.3 Å². The minimum absolute atomic E-state index is 0.167. The van der Waals surface area contributed by atoms with Crippen LogP contribution in [0.3, 0.4) is 0 Å². The second kappa shape index (κ2) is 6.19. The molecule has 1 fully saturated rings. The lowest BCUT2D eigenvalue weighted by atomic mass is 9.81. The van der Waals surface area contributed by atoms with Gasteiger partial charge in [0.15, 0.2) is 0 Å². The van der Waals surface area contributed by atoms with Crippen molar-refractivity contribution in [2.75, 3.05) is 0 Å². The summed E-state index contributed by atoms with van der Waals surface area (Å²) in [5.41, 5.74) is 4.06. The van der Waals surface area contributed by atoms with Gasteiger partial charge in [-0.05, 0) is 42.5 Å². The molecule has 0 spiro atoms. The van der Waals surface area contributed by atoms with Crippen molar-refractivity contribution in [3.05, 3.63) is 33.3 Å². The van der Waals surface area contributed by atoms with Gasteiger partial charge in [-0.25, -0.2) is 0 Å². The lowest BCUT2D eigenvalue weighted by Crippen LogP contribution is -2.34. The Morgan fingerprint density at radius 3 is 2.65 bits per heavy atom. The van der Waals surface area contributed by atoms with Gasteiger partial charge in [-0.1, -0.05) is 46.8 Å². The summed E-state index contributed by atoms with van der Waals surface area (Å²) in [5.74, 6) is 6.33. The molecule has 2 rings (SSSR count). The average Bonchev–Trinajstić information content (AvgIpc) is 2.36. The van der Waals surface area contributed by atoms with E-state index in [1.54, 1.807) is 0 Å². The first-order chi connectivity index (χ1) is 8.22. The van der Waals surface area contributed by atoms with Crippen molar-refractivity contribution >= 4 is 27.5 Å². The predicted molar refractivity (Wildman–Crippen MR) is 75.8 cm³/mol. The third kappa shape index (κ3) is 3.22. The van der Waals surface area contributed by atoms with Crippen LogP contribution in [0.5, 0.6) is 0 Å². The molecule has 1 unspecified atom stereocenters. The van der Waals surface area contributed by atoms with Crippen molar-refractivity contribution in [3.63, 3.8) is 0 Å². The molecule has 0 saturated heterocycles. The highest BCUT2D eigenvalue weighted by molar-refractivity contribution is 9.10. The topological polar surface area (TPSA) is 38.0 Å². The predicted octanol–water partition coefficient (Wildman–Crippen LogP) is 4.19. The molecule has 0 heterocycles. The third-order valence-corrected chi connectivity index (χ3v) is 4.43. The van der Waals surface area contributed by atoms with Crippen molar-refractivity contribution in [1.82, 2.24) is 5.43 Å². The van der Waals surface area contributed by atoms with E-state index < -0.39 is 0 Å². The largest absolute Gasteiger partial charge is 0.271 e. The molecule has 0 bridgehead atoms. The molecule has 94 valence electrons. The molecular formula is C13H18BrClN2. The van der Waals surface area contributed by atoms with E-state index in [0.29, 0.717) is 5.92 Å². The van der Waals surface area contributed by atoms with Crippen molar-refractivity contribution in [3.8, 4) is 0 Å². The van der Waals surface area contributed by atoms with Gasteiger partial charge in [0, 0.05) is 9.50 Å². The number of nitrogens with one attached hydrogen (secondary N) is 1. The zero-order valence-corrected chi connectivity index (χ0v) is 12.1. The second-order valence-corrected chi connectivity index (χ2v) is 6.03. The minimum Gasteiger partial charge on any atom is -0.271 e. The molecule has 17 heavy (non-hydrogen) atoms. The Morgan fingerprint density at radius 2 is 2.00 bits per heavy atom. The van der Waals surface area contributed by atoms with Gasteiger partial charge in [0.05, 0.1) is 6.04 Å². The number of rotatable bonds is 3. The fraction of sp³-hybridized carbons (Fsp3) is 0.538. The van der Waals surface area contributed by atoms with Crippen LogP contribution in [0, 0.1) is 5.92 Å². The van der Waals surface area contributed by atoms with Crippen LogP contribution in [0.1, 0.15) is 43.7 Å². The highest BCUT2D eigenvalue weighted by Gasteiger charge is 2.25. The van der Waals surface area contributed by atoms with E-state index in [9.17, 15) is 0 Å². The third-order valence-electron chi connectivity index (χ3n) is 3.59. The van der Waals surface area contributed by atoms with E-state index >= 15 is 0 Å². The molecule has 1 aromatic carbocycles. The van der Waals surface area contributed by atoms with E-state index in [1.807, 2.05) is 12.1 Å². The zero-order chi connectivity index (χ0) is 12.3. The smallest absolute Gasteiger partial charge is 0.0503 e. The molecule has 2 nitrogen and oxygen atoms in total. The van der Waals surface area contributed by atoms with Gasteiger partial charge < -0.3 is 0 Å². The molecule has 1 aromatic rings. The van der Waals surface area contributed by atoms with Gasteiger partial charge in [0.25, 0.3) is 0 Å². The van der Waals surface area contributed by atoms with E-state index in [2.05, 4.69) is 27.4 Å². The highest BCUT2D eigenvalue weighted by atomic mass is 79.9. The van der Waals surface area contributed by atoms with Crippen LogP contribution in [0.15, 0.2) is 22.7 Å². The summed E-state index contributed by atoms with van der Waals surface area (Å²) in [6, 6.07) is 6.12. The quantitative estimate of drug-likeness (QED) is 0.648. The number of hydrogen-bond acceptors (Lipinski definition) is 2. The summed E-state index contributed by atoms with van der Waals surface area (Å²) in [7, 11) is 0. The number of halogens is 2. The summed E-state index contributed by atoms with van der Waals surface area (Å²) in [4.78, 5) is 0. The molecular weight excluding hydrogens is 300 g/mol. The van der Waals surface area contributed by atoms with Crippen molar-refractivity contribution in [1.29, 1.82) is 0 Å². The summed E-state index contributed by atoms with van der Waals surface area (Å²) >= 11 is 9.76. The molecule has 1 aliphatic carbocycles. The fourth-order valence-corrected chi connectivity index (χ4v) is 3.31. The maximum Gasteiger partial charge on any atom is 0.0503 e. The summed E-state index contributed by atoms with van der Waals surface area (Å²) in [6.45, 7) is 0. The Labute approximate surface area is 116 Å². The van der Waals surface area contributed by atoms with Crippen LogP contribution >= 0.6 is 27.5 Å². The van der Waals surface area contributed by atoms with Crippen LogP contribution in [-0.2, 0) is 0 Å². The summed E-state index contributed by atoms with van der Waals surface area (Å²) < 4.78 is 1.05. The maximum absolute atomic E-state index is 6.27. The summed E-state index contributed by atoms with van der Waals surface area (Å²) in [5, 5.41) is 0.793. The van der Waals surface area contributed by atoms with Gasteiger partial charge in [-0.2, -0.15) is 0 Å². The first-order valence-corrected chi connectivity index (χ1v) is 7.30. The second-order valence-electron chi connectivity index (χ2n) is 4.71. The average molecular weight is 318 g/mol. The lowest BCUT2D eigenvalue weighted by molar-refractivity contribution is 0.273. The van der Waals surface area contributed by atoms with E-state index in [4.69, 9.17) is 17.4 Å². The van der Waals surface area contributed by atoms with Crippen molar-refractivity contribution in [2.24, 2.45) is 11.8 Å². The standard InChI is InChI=1S/C13H18BrClN2/c14-10-6-7-12(15)11(8-10)13(17-16)9-4-2-1-3-5-9/h6-9,13,17H,1-5,16H2. The first kappa shape index (κ1) is 13.3. The Bertz CT molecular complexity index is 378. The zero-order valence-electron chi connectivity index (χ0n) is 9.76. The summed E-state index contributed by atoms with van der Waals surface area (Å²) in [6.07, 6.45) is 6.42. The minimum atomic E-state index is 0.167. The van der Waals surface area contributed by atoms with Gasteiger partial charge in [0.2, 0.25) is 0 Å². The fourth-order valence-electron chi connectivity index (χ4n) is 2.70. The number of hydrazine groups is 1. The normalized spacial score (nSPS) is 19.2. The molecule has 0 aromatic heterocycles. The molecule has 0 amide bonds. The van der Waals surface area contributed by atoms with Crippen LogP contribution in [0.25, 0.3) is 0 Å². The van der Waals surface area contributed by atoms with Gasteiger partial charge in [-0.15, -0.1) is 0 Å².